The second-order valence-corrected chi connectivity index (χ2v) is 5.40. The smallest absolute Gasteiger partial charge is 0.219 e. The second-order valence-electron chi connectivity index (χ2n) is 4.16. The lowest BCUT2D eigenvalue weighted by Crippen LogP contribution is -1.99. The van der Waals surface area contributed by atoms with Crippen LogP contribution in [0.3, 0.4) is 0 Å². The molecule has 0 fully saturated rings. The highest BCUT2D eigenvalue weighted by atomic mass is 32.2. The molecule has 0 aliphatic heterocycles. The van der Waals surface area contributed by atoms with Crippen LogP contribution in [0.15, 0.2) is 18.2 Å². The molecule has 1 atom stereocenters. The number of thioether (sulfide) groups is 1. The SMILES string of the molecule is CCSC(=O)c1cc(C)cc(C(C)CC)c1. The van der Waals surface area contributed by atoms with Crippen molar-refractivity contribution in [2.24, 2.45) is 0 Å². The lowest BCUT2D eigenvalue weighted by molar-refractivity contribution is 0.108. The third kappa shape index (κ3) is 3.38. The van der Waals surface area contributed by atoms with Crippen molar-refractivity contribution in [2.75, 3.05) is 5.75 Å². The first-order valence-corrected chi connectivity index (χ1v) is 6.85. The van der Waals surface area contributed by atoms with E-state index in [1.807, 2.05) is 19.1 Å². The largest absolute Gasteiger partial charge is 0.282 e. The molecule has 0 saturated carbocycles. The zero-order valence-corrected chi connectivity index (χ0v) is 11.4. The van der Waals surface area contributed by atoms with Gasteiger partial charge in [-0.1, -0.05) is 44.2 Å². The Kier molecular flexibility index (Phi) is 5.07. The van der Waals surface area contributed by atoms with E-state index in [-0.39, 0.29) is 5.12 Å². The van der Waals surface area contributed by atoms with Crippen molar-refractivity contribution < 1.29 is 4.79 Å². The zero-order chi connectivity index (χ0) is 12.1. The highest BCUT2D eigenvalue weighted by Gasteiger charge is 2.10. The maximum atomic E-state index is 11.8. The van der Waals surface area contributed by atoms with E-state index in [4.69, 9.17) is 0 Å². The van der Waals surface area contributed by atoms with Gasteiger partial charge in [-0.05, 0) is 42.7 Å². The topological polar surface area (TPSA) is 17.1 Å². The summed E-state index contributed by atoms with van der Waals surface area (Å²) in [5.41, 5.74) is 3.31. The van der Waals surface area contributed by atoms with Crippen LogP contribution in [0.25, 0.3) is 0 Å². The number of hydrogen-bond acceptors (Lipinski definition) is 2. The Labute approximate surface area is 103 Å². The molecular weight excluding hydrogens is 216 g/mol. The Morgan fingerprint density at radius 2 is 2.00 bits per heavy atom. The molecule has 16 heavy (non-hydrogen) atoms. The Bertz CT molecular complexity index is 371. The highest BCUT2D eigenvalue weighted by Crippen LogP contribution is 2.23. The summed E-state index contributed by atoms with van der Waals surface area (Å²) in [6.07, 6.45) is 1.11. The van der Waals surface area contributed by atoms with Gasteiger partial charge < -0.3 is 0 Å². The molecule has 1 nitrogen and oxygen atoms in total. The van der Waals surface area contributed by atoms with Crippen LogP contribution in [0, 0.1) is 6.92 Å². The number of aryl methyl sites for hydroxylation is 1. The molecule has 0 bridgehead atoms. The summed E-state index contributed by atoms with van der Waals surface area (Å²) in [6.45, 7) is 8.44. The van der Waals surface area contributed by atoms with E-state index in [9.17, 15) is 4.79 Å². The molecule has 0 saturated heterocycles. The summed E-state index contributed by atoms with van der Waals surface area (Å²) in [6, 6.07) is 6.21. The van der Waals surface area contributed by atoms with Gasteiger partial charge in [0.1, 0.15) is 0 Å². The van der Waals surface area contributed by atoms with Crippen molar-refractivity contribution in [3.8, 4) is 0 Å². The maximum Gasteiger partial charge on any atom is 0.219 e. The molecule has 1 aromatic rings. The summed E-state index contributed by atoms with van der Waals surface area (Å²) in [4.78, 5) is 11.8. The fourth-order valence-electron chi connectivity index (χ4n) is 1.67. The number of carbonyl (C=O) groups is 1. The monoisotopic (exact) mass is 236 g/mol. The van der Waals surface area contributed by atoms with Gasteiger partial charge in [0.25, 0.3) is 0 Å². The standard InChI is InChI=1S/C14H20OS/c1-5-11(4)12-7-10(3)8-13(9-12)14(15)16-6-2/h7-9,11H,5-6H2,1-4H3. The minimum atomic E-state index is 0.191. The van der Waals surface area contributed by atoms with Gasteiger partial charge in [-0.2, -0.15) is 0 Å². The normalized spacial score (nSPS) is 12.5. The van der Waals surface area contributed by atoms with Gasteiger partial charge >= 0.3 is 0 Å². The Balaban J connectivity index is 3.02. The van der Waals surface area contributed by atoms with Gasteiger partial charge in [0.05, 0.1) is 0 Å². The van der Waals surface area contributed by atoms with Gasteiger partial charge in [-0.15, -0.1) is 0 Å². The fraction of sp³-hybridized carbons (Fsp3) is 0.500. The quantitative estimate of drug-likeness (QED) is 0.770. The molecule has 2 heteroatoms. The van der Waals surface area contributed by atoms with E-state index >= 15 is 0 Å². The van der Waals surface area contributed by atoms with E-state index < -0.39 is 0 Å². The molecule has 0 radical (unpaired) electrons. The van der Waals surface area contributed by atoms with Gasteiger partial charge in [0, 0.05) is 5.56 Å². The summed E-state index contributed by atoms with van der Waals surface area (Å²) in [5, 5.41) is 0.191. The molecule has 0 aliphatic rings. The summed E-state index contributed by atoms with van der Waals surface area (Å²) in [7, 11) is 0. The van der Waals surface area contributed by atoms with E-state index in [2.05, 4.69) is 26.8 Å². The fourth-order valence-corrected chi connectivity index (χ4v) is 2.21. The van der Waals surface area contributed by atoms with Crippen molar-refractivity contribution >= 4 is 16.9 Å². The van der Waals surface area contributed by atoms with E-state index in [0.717, 1.165) is 17.7 Å². The van der Waals surface area contributed by atoms with E-state index in [1.54, 1.807) is 0 Å². The molecule has 88 valence electrons. The summed E-state index contributed by atoms with van der Waals surface area (Å²) in [5.74, 6) is 1.36. The third-order valence-corrected chi connectivity index (χ3v) is 3.58. The molecular formula is C14H20OS. The van der Waals surface area contributed by atoms with Gasteiger partial charge in [0.15, 0.2) is 0 Å². The molecule has 1 rings (SSSR count). The van der Waals surface area contributed by atoms with Gasteiger partial charge in [0.2, 0.25) is 5.12 Å². The van der Waals surface area contributed by atoms with Crippen LogP contribution < -0.4 is 0 Å². The number of benzene rings is 1. The maximum absolute atomic E-state index is 11.8. The number of carbonyl (C=O) groups excluding carboxylic acids is 1. The van der Waals surface area contributed by atoms with Crippen molar-refractivity contribution in [3.63, 3.8) is 0 Å². The van der Waals surface area contributed by atoms with Crippen LogP contribution in [0.1, 0.15) is 54.6 Å². The molecule has 0 spiro atoms. The molecule has 0 amide bonds. The van der Waals surface area contributed by atoms with Crippen molar-refractivity contribution in [3.05, 3.63) is 34.9 Å². The molecule has 0 aliphatic carbocycles. The van der Waals surface area contributed by atoms with Gasteiger partial charge in [-0.3, -0.25) is 4.79 Å². The van der Waals surface area contributed by atoms with Crippen LogP contribution in [-0.2, 0) is 0 Å². The van der Waals surface area contributed by atoms with E-state index in [1.165, 1.54) is 22.9 Å². The van der Waals surface area contributed by atoms with Crippen LogP contribution in [0.4, 0.5) is 0 Å². The minimum Gasteiger partial charge on any atom is -0.282 e. The molecule has 0 heterocycles. The Morgan fingerprint density at radius 3 is 2.56 bits per heavy atom. The third-order valence-electron chi connectivity index (χ3n) is 2.79. The number of rotatable bonds is 4. The van der Waals surface area contributed by atoms with Crippen molar-refractivity contribution in [2.45, 2.75) is 40.0 Å². The molecule has 0 N–H and O–H groups in total. The Hall–Kier alpha value is -0.760. The van der Waals surface area contributed by atoms with Crippen LogP contribution >= 0.6 is 11.8 Å². The van der Waals surface area contributed by atoms with Crippen LogP contribution in [0.2, 0.25) is 0 Å². The highest BCUT2D eigenvalue weighted by molar-refractivity contribution is 8.14. The summed E-state index contributed by atoms with van der Waals surface area (Å²) >= 11 is 1.38. The molecule has 1 aromatic carbocycles. The first-order chi connectivity index (χ1) is 7.58. The minimum absolute atomic E-state index is 0.191. The van der Waals surface area contributed by atoms with Crippen molar-refractivity contribution in [1.82, 2.24) is 0 Å². The summed E-state index contributed by atoms with van der Waals surface area (Å²) < 4.78 is 0. The predicted molar refractivity (Wildman–Crippen MR) is 72.3 cm³/mol. The van der Waals surface area contributed by atoms with Crippen molar-refractivity contribution in [1.29, 1.82) is 0 Å². The average molecular weight is 236 g/mol. The van der Waals surface area contributed by atoms with Gasteiger partial charge in [-0.25, -0.2) is 0 Å². The zero-order valence-electron chi connectivity index (χ0n) is 10.5. The molecule has 1 unspecified atom stereocenters. The number of hydrogen-bond donors (Lipinski definition) is 0. The van der Waals surface area contributed by atoms with E-state index in [0.29, 0.717) is 5.92 Å². The molecule has 0 aromatic heterocycles. The first kappa shape index (κ1) is 13.3. The van der Waals surface area contributed by atoms with Crippen LogP contribution in [0.5, 0.6) is 0 Å². The predicted octanol–water partition coefficient (Wildman–Crippen LogP) is 4.40. The average Bonchev–Trinajstić information content (AvgIpc) is 2.27. The van der Waals surface area contributed by atoms with Crippen LogP contribution in [-0.4, -0.2) is 10.9 Å². The first-order valence-electron chi connectivity index (χ1n) is 5.87. The Morgan fingerprint density at radius 1 is 1.31 bits per heavy atom. The lowest BCUT2D eigenvalue weighted by Gasteiger charge is -2.11. The lowest BCUT2D eigenvalue weighted by atomic mass is 9.95. The second kappa shape index (κ2) is 6.09.